The zero-order chi connectivity index (χ0) is 26.1. The minimum absolute atomic E-state index is 0.0194. The number of hydrogen-bond acceptors (Lipinski definition) is 3. The third kappa shape index (κ3) is 5.35. The van der Waals surface area contributed by atoms with E-state index in [1.54, 1.807) is 12.1 Å². The van der Waals surface area contributed by atoms with Crippen molar-refractivity contribution in [3.8, 4) is 16.9 Å². The first-order valence-electron chi connectivity index (χ1n) is 10.3. The van der Waals surface area contributed by atoms with Gasteiger partial charge in [-0.05, 0) is 36.4 Å². The summed E-state index contributed by atoms with van der Waals surface area (Å²) >= 11 is 6.15. The van der Waals surface area contributed by atoms with E-state index in [0.29, 0.717) is 0 Å². The van der Waals surface area contributed by atoms with E-state index in [1.165, 1.54) is 54.7 Å². The maximum atomic E-state index is 13.5. The average molecular weight is 525 g/mol. The molecule has 0 aliphatic heterocycles. The number of amides is 1. The van der Waals surface area contributed by atoms with Crippen molar-refractivity contribution >= 4 is 17.5 Å². The molecule has 0 aliphatic rings. The second-order valence-electron chi connectivity index (χ2n) is 7.59. The van der Waals surface area contributed by atoms with Crippen LogP contribution in [0, 0.1) is 0 Å². The number of nitrogens with one attached hydrogen (secondary N) is 1. The van der Waals surface area contributed by atoms with Crippen molar-refractivity contribution in [1.82, 2.24) is 20.1 Å². The zero-order valence-electron chi connectivity index (χ0n) is 18.0. The van der Waals surface area contributed by atoms with Crippen molar-refractivity contribution in [2.45, 2.75) is 18.4 Å². The van der Waals surface area contributed by atoms with Crippen molar-refractivity contribution in [3.05, 3.63) is 101 Å². The second kappa shape index (κ2) is 9.65. The molecule has 1 N–H and O–H groups in total. The molecule has 186 valence electrons. The Hall–Kier alpha value is -3.86. The first-order valence-corrected chi connectivity index (χ1v) is 10.6. The highest BCUT2D eigenvalue weighted by Crippen LogP contribution is 2.35. The lowest BCUT2D eigenvalue weighted by molar-refractivity contribution is -0.155. The Morgan fingerprint density at radius 3 is 2.22 bits per heavy atom. The van der Waals surface area contributed by atoms with Gasteiger partial charge in [-0.1, -0.05) is 41.9 Å². The maximum Gasteiger partial charge on any atom is 0.435 e. The van der Waals surface area contributed by atoms with Gasteiger partial charge in [0.15, 0.2) is 11.7 Å². The molecular formula is C24H15ClF6N4O. The quantitative estimate of drug-likeness (QED) is 0.298. The van der Waals surface area contributed by atoms with E-state index >= 15 is 0 Å². The molecule has 36 heavy (non-hydrogen) atoms. The van der Waals surface area contributed by atoms with Crippen LogP contribution in [0.5, 0.6) is 0 Å². The third-order valence-corrected chi connectivity index (χ3v) is 5.46. The van der Waals surface area contributed by atoms with Gasteiger partial charge in [-0.25, -0.2) is 4.68 Å². The van der Waals surface area contributed by atoms with Gasteiger partial charge in [0.05, 0.1) is 16.4 Å². The van der Waals surface area contributed by atoms with Crippen LogP contribution in [0.1, 0.15) is 27.7 Å². The summed E-state index contributed by atoms with van der Waals surface area (Å²) in [6, 6.07) is 12.2. The summed E-state index contributed by atoms with van der Waals surface area (Å²) in [5, 5.41) is 5.73. The molecule has 0 spiro atoms. The number of alkyl halides is 6. The predicted octanol–water partition coefficient (Wildman–Crippen LogP) is 6.64. The Morgan fingerprint density at radius 1 is 0.944 bits per heavy atom. The number of rotatable bonds is 5. The van der Waals surface area contributed by atoms with Gasteiger partial charge in [0.25, 0.3) is 5.91 Å². The lowest BCUT2D eigenvalue weighted by Gasteiger charge is -2.21. The van der Waals surface area contributed by atoms with Gasteiger partial charge in [-0.15, -0.1) is 0 Å². The van der Waals surface area contributed by atoms with Crippen molar-refractivity contribution in [2.24, 2.45) is 0 Å². The highest BCUT2D eigenvalue weighted by molar-refractivity contribution is 6.32. The number of benzene rings is 2. The highest BCUT2D eigenvalue weighted by atomic mass is 35.5. The highest BCUT2D eigenvalue weighted by Gasteiger charge is 2.42. The topological polar surface area (TPSA) is 59.8 Å². The number of carbonyl (C=O) groups excluding carboxylic acids is 1. The molecule has 0 saturated heterocycles. The lowest BCUT2D eigenvalue weighted by Crippen LogP contribution is -2.38. The molecule has 1 atom stereocenters. The molecule has 1 unspecified atom stereocenters. The van der Waals surface area contributed by atoms with Crippen molar-refractivity contribution < 1.29 is 31.1 Å². The summed E-state index contributed by atoms with van der Waals surface area (Å²) in [7, 11) is 0. The number of hydrogen-bond donors (Lipinski definition) is 1. The third-order valence-electron chi connectivity index (χ3n) is 5.14. The van der Waals surface area contributed by atoms with E-state index in [0.717, 1.165) is 16.9 Å². The number of carbonyl (C=O) groups is 1. The molecule has 0 radical (unpaired) electrons. The minimum Gasteiger partial charge on any atom is -0.337 e. The lowest BCUT2D eigenvalue weighted by atomic mass is 10.1. The standard InChI is InChI=1S/C24H15ClF6N4O/c25-17-5-1-2-6-18(17)35-19(12-20(34-35)23(26,27)28)14-7-9-15(10-8-14)22(36)33-21(24(29,30)31)16-4-3-11-32-13-16/h1-13,21H,(H,33,36). The molecule has 0 fully saturated rings. The Bertz CT molecular complexity index is 1370. The van der Waals surface area contributed by atoms with Crippen LogP contribution in [0.15, 0.2) is 79.1 Å². The zero-order valence-corrected chi connectivity index (χ0v) is 18.7. The minimum atomic E-state index is -4.78. The van der Waals surface area contributed by atoms with E-state index in [9.17, 15) is 31.1 Å². The number of halogens is 7. The molecular weight excluding hydrogens is 510 g/mol. The number of para-hydroxylation sites is 1. The normalized spacial score (nSPS) is 12.9. The van der Waals surface area contributed by atoms with Gasteiger partial charge in [0.1, 0.15) is 0 Å². The van der Waals surface area contributed by atoms with Gasteiger partial charge in [0, 0.05) is 29.1 Å². The number of nitrogens with zero attached hydrogens (tertiary/aromatic N) is 3. The van der Waals surface area contributed by atoms with Gasteiger partial charge >= 0.3 is 12.4 Å². The Labute approximate surface area is 205 Å². The van der Waals surface area contributed by atoms with Gasteiger partial charge in [-0.3, -0.25) is 9.78 Å². The van der Waals surface area contributed by atoms with Crippen LogP contribution < -0.4 is 5.32 Å². The molecule has 2 heterocycles. The molecule has 0 saturated carbocycles. The Kier molecular flexibility index (Phi) is 6.77. The van der Waals surface area contributed by atoms with Crippen LogP contribution in [-0.2, 0) is 6.18 Å². The Morgan fingerprint density at radius 2 is 1.64 bits per heavy atom. The molecule has 12 heteroatoms. The molecule has 4 rings (SSSR count). The Balaban J connectivity index is 1.66. The van der Waals surface area contributed by atoms with Crippen LogP contribution >= 0.6 is 11.6 Å². The van der Waals surface area contributed by atoms with Gasteiger partial charge in [0.2, 0.25) is 0 Å². The summed E-state index contributed by atoms with van der Waals surface area (Å²) in [6.45, 7) is 0. The van der Waals surface area contributed by atoms with Crippen LogP contribution in [0.4, 0.5) is 26.3 Å². The molecule has 2 aromatic carbocycles. The van der Waals surface area contributed by atoms with Gasteiger partial charge < -0.3 is 5.32 Å². The monoisotopic (exact) mass is 524 g/mol. The van der Waals surface area contributed by atoms with Crippen LogP contribution in [-0.4, -0.2) is 26.8 Å². The molecule has 4 aromatic rings. The van der Waals surface area contributed by atoms with Gasteiger partial charge in [-0.2, -0.15) is 31.4 Å². The molecule has 5 nitrogen and oxygen atoms in total. The molecule has 2 aromatic heterocycles. The summed E-state index contributed by atoms with van der Waals surface area (Å²) in [4.78, 5) is 16.2. The van der Waals surface area contributed by atoms with Crippen LogP contribution in [0.3, 0.4) is 0 Å². The number of aromatic nitrogens is 3. The molecule has 0 aliphatic carbocycles. The second-order valence-corrected chi connectivity index (χ2v) is 7.99. The maximum absolute atomic E-state index is 13.5. The average Bonchev–Trinajstić information content (AvgIpc) is 3.28. The summed E-state index contributed by atoms with van der Waals surface area (Å²) in [5.74, 6) is -1.02. The van der Waals surface area contributed by atoms with E-state index < -0.39 is 30.0 Å². The van der Waals surface area contributed by atoms with Crippen molar-refractivity contribution in [1.29, 1.82) is 0 Å². The van der Waals surface area contributed by atoms with E-state index in [4.69, 9.17) is 11.6 Å². The molecule has 0 bridgehead atoms. The molecule has 1 amide bonds. The summed E-state index contributed by atoms with van der Waals surface area (Å²) < 4.78 is 81.8. The van der Waals surface area contributed by atoms with E-state index in [2.05, 4.69) is 10.1 Å². The van der Waals surface area contributed by atoms with Crippen LogP contribution in [0.25, 0.3) is 16.9 Å². The van der Waals surface area contributed by atoms with Crippen LogP contribution in [0.2, 0.25) is 5.02 Å². The van der Waals surface area contributed by atoms with Crippen molar-refractivity contribution in [2.75, 3.05) is 0 Å². The fourth-order valence-electron chi connectivity index (χ4n) is 3.44. The van der Waals surface area contributed by atoms with Crippen molar-refractivity contribution in [3.63, 3.8) is 0 Å². The van der Waals surface area contributed by atoms with E-state index in [-0.39, 0.29) is 33.1 Å². The largest absolute Gasteiger partial charge is 0.435 e. The van der Waals surface area contributed by atoms with E-state index in [1.807, 2.05) is 5.32 Å². The summed E-state index contributed by atoms with van der Waals surface area (Å²) in [6.07, 6.45) is -7.22. The fraction of sp³-hybridized carbons (Fsp3) is 0.125. The number of pyridine rings is 1. The smallest absolute Gasteiger partial charge is 0.337 e. The first-order chi connectivity index (χ1) is 16.9. The SMILES string of the molecule is O=C(NC(c1cccnc1)C(F)(F)F)c1ccc(-c2cc(C(F)(F)F)nn2-c2ccccc2Cl)cc1. The summed E-state index contributed by atoms with van der Waals surface area (Å²) in [5.41, 5.74) is -1.10. The fourth-order valence-corrected chi connectivity index (χ4v) is 3.66. The first kappa shape index (κ1) is 25.2. The predicted molar refractivity (Wildman–Crippen MR) is 120 cm³/mol.